The first-order valence-corrected chi connectivity index (χ1v) is 28.5. The number of para-hydroxylation sites is 2. The predicted octanol–water partition coefficient (Wildman–Crippen LogP) is 19.1. The third-order valence-corrected chi connectivity index (χ3v) is 17.6. The topological polar surface area (TPSA) is 11.4 Å². The molecule has 12 rings (SSSR count). The lowest BCUT2D eigenvalue weighted by Gasteiger charge is -2.51. The standard InChI is InChI=1S/C73H78BN3/c1-45-24-35-63(56(38-45)48-26-30-50(31-27-48)70(4,5)6)76-65-37-34-52(72(10,11)12)41-59(65)74-60-44-58(73(13,14)15)47(3)40-66(60)77(64-36-25-46(2)39-57(64)49-28-32-51(33-29-49)71(7,8)9)68-43-53(42-67(76)69(68)74)75-61-22-18-16-20-54(61)55-21-17-19-23-62(55)75/h16-39,41,43-44,47,53H,40,42H2,1-15H3. The summed E-state index contributed by atoms with van der Waals surface area (Å²) < 4.78 is 2.68. The van der Waals surface area contributed by atoms with Gasteiger partial charge in [0.15, 0.2) is 0 Å². The van der Waals surface area contributed by atoms with Crippen LogP contribution in [0.15, 0.2) is 197 Å². The van der Waals surface area contributed by atoms with Crippen LogP contribution in [0.1, 0.15) is 137 Å². The van der Waals surface area contributed by atoms with Crippen molar-refractivity contribution in [2.75, 3.05) is 9.80 Å². The Hall–Kier alpha value is -7.04. The Morgan fingerprint density at radius 1 is 0.468 bits per heavy atom. The van der Waals surface area contributed by atoms with Crippen LogP contribution in [0, 0.1) is 25.2 Å². The summed E-state index contributed by atoms with van der Waals surface area (Å²) in [6, 6.07) is 59.1. The summed E-state index contributed by atoms with van der Waals surface area (Å²) in [5, 5.41) is 2.59. The zero-order chi connectivity index (χ0) is 54.2. The number of hydrogen-bond donors (Lipinski definition) is 0. The monoisotopic (exact) mass is 1010 g/mol. The minimum absolute atomic E-state index is 0.00967. The summed E-state index contributed by atoms with van der Waals surface area (Å²) in [6.45, 7) is 35.3. The molecule has 0 fully saturated rings. The van der Waals surface area contributed by atoms with E-state index in [1.807, 2.05) is 0 Å². The Labute approximate surface area is 460 Å². The molecule has 0 radical (unpaired) electrons. The second-order valence-electron chi connectivity index (χ2n) is 27.3. The highest BCUT2D eigenvalue weighted by Gasteiger charge is 2.50. The van der Waals surface area contributed by atoms with Crippen molar-refractivity contribution in [3.05, 3.63) is 225 Å². The van der Waals surface area contributed by atoms with E-state index in [4.69, 9.17) is 0 Å². The van der Waals surface area contributed by atoms with Gasteiger partial charge in [-0.1, -0.05) is 222 Å². The first-order chi connectivity index (χ1) is 36.5. The third kappa shape index (κ3) is 8.57. The highest BCUT2D eigenvalue weighted by atomic mass is 15.2. The number of aryl methyl sites for hydroxylation is 2. The molecule has 0 saturated heterocycles. The minimum Gasteiger partial charge on any atom is -0.333 e. The molecule has 2 aliphatic heterocycles. The van der Waals surface area contributed by atoms with Crippen molar-refractivity contribution in [2.45, 2.75) is 139 Å². The van der Waals surface area contributed by atoms with Crippen LogP contribution in [0.5, 0.6) is 0 Å². The molecule has 0 spiro atoms. The summed E-state index contributed by atoms with van der Waals surface area (Å²) in [7, 11) is 0. The number of aromatic nitrogens is 1. The van der Waals surface area contributed by atoms with Crippen LogP contribution in [0.25, 0.3) is 44.1 Å². The van der Waals surface area contributed by atoms with Gasteiger partial charge in [0.05, 0.1) is 17.4 Å². The maximum Gasteiger partial charge on any atom is 0.251 e. The number of allylic oxidation sites excluding steroid dienone is 7. The van der Waals surface area contributed by atoms with Gasteiger partial charge in [-0.15, -0.1) is 0 Å². The van der Waals surface area contributed by atoms with Crippen LogP contribution in [0.3, 0.4) is 0 Å². The van der Waals surface area contributed by atoms with E-state index >= 15 is 0 Å². The van der Waals surface area contributed by atoms with Crippen molar-refractivity contribution < 1.29 is 0 Å². The lowest BCUT2D eigenvalue weighted by Crippen LogP contribution is -2.53. The Kier molecular flexibility index (Phi) is 11.9. The molecule has 388 valence electrons. The summed E-state index contributed by atoms with van der Waals surface area (Å²) in [4.78, 5) is 5.51. The minimum atomic E-state index is -0.0596. The number of rotatable bonds is 5. The molecule has 3 heterocycles. The second-order valence-corrected chi connectivity index (χ2v) is 27.3. The number of nitrogens with zero attached hydrogens (tertiary/aromatic N) is 3. The van der Waals surface area contributed by atoms with Crippen LogP contribution in [-0.2, 0) is 16.2 Å². The van der Waals surface area contributed by atoms with E-state index in [0.29, 0.717) is 5.92 Å². The smallest absolute Gasteiger partial charge is 0.251 e. The molecule has 1 aromatic heterocycles. The Balaban J connectivity index is 1.22. The number of hydrogen-bond acceptors (Lipinski definition) is 2. The number of anilines is 3. The lowest BCUT2D eigenvalue weighted by atomic mass is 9.30. The first-order valence-electron chi connectivity index (χ1n) is 28.5. The fraction of sp³-hybridized carbons (Fsp3) is 0.315. The fourth-order valence-electron chi connectivity index (χ4n) is 13.5. The molecule has 7 aromatic carbocycles. The van der Waals surface area contributed by atoms with Gasteiger partial charge in [-0.3, -0.25) is 0 Å². The van der Waals surface area contributed by atoms with Crippen molar-refractivity contribution in [2.24, 2.45) is 11.3 Å². The summed E-state index contributed by atoms with van der Waals surface area (Å²) >= 11 is 0. The van der Waals surface area contributed by atoms with E-state index in [1.165, 1.54) is 128 Å². The molecule has 2 aliphatic carbocycles. The second kappa shape index (κ2) is 18.0. The van der Waals surface area contributed by atoms with Gasteiger partial charge in [0.1, 0.15) is 0 Å². The quantitative estimate of drug-likeness (QED) is 0.159. The van der Waals surface area contributed by atoms with Gasteiger partial charge in [0, 0.05) is 62.1 Å². The van der Waals surface area contributed by atoms with Crippen molar-refractivity contribution in [1.29, 1.82) is 0 Å². The molecule has 0 saturated carbocycles. The SMILES string of the molecule is Cc1ccc(N2C3=CC(n4c5ccccc5c5ccccc54)CC4=C3B(C3=C2CC(C)C(C(C)(C)C)=C3)c2cc(C(C)(C)C)ccc2N4c2ccc(C)cc2-c2ccc(C(C)(C)C)cc2)c(-c2ccc(C(C)(C)C)cc2)c1. The van der Waals surface area contributed by atoms with E-state index in [2.05, 4.69) is 282 Å². The van der Waals surface area contributed by atoms with E-state index in [0.717, 1.165) is 12.8 Å². The Morgan fingerprint density at radius 3 is 1.45 bits per heavy atom. The van der Waals surface area contributed by atoms with Gasteiger partial charge >= 0.3 is 0 Å². The zero-order valence-electron chi connectivity index (χ0n) is 48.6. The van der Waals surface area contributed by atoms with Crippen molar-refractivity contribution in [3.63, 3.8) is 0 Å². The molecular formula is C73H78BN3. The highest BCUT2D eigenvalue weighted by molar-refractivity contribution is 6.89. The molecule has 2 atom stereocenters. The molecule has 77 heavy (non-hydrogen) atoms. The van der Waals surface area contributed by atoms with Crippen LogP contribution < -0.4 is 15.3 Å². The molecule has 4 aliphatic rings. The largest absolute Gasteiger partial charge is 0.333 e. The average Bonchev–Trinajstić information content (AvgIpc) is 3.58. The molecule has 0 N–H and O–H groups in total. The number of fused-ring (bicyclic) bond motifs is 6. The van der Waals surface area contributed by atoms with Gasteiger partial charge in [-0.2, -0.15) is 0 Å². The van der Waals surface area contributed by atoms with Crippen LogP contribution in [0.2, 0.25) is 0 Å². The van der Waals surface area contributed by atoms with E-state index in [9.17, 15) is 0 Å². The van der Waals surface area contributed by atoms with Crippen molar-refractivity contribution in [3.8, 4) is 22.3 Å². The molecular weight excluding hydrogens is 930 g/mol. The van der Waals surface area contributed by atoms with Crippen LogP contribution in [-0.4, -0.2) is 11.3 Å². The third-order valence-electron chi connectivity index (χ3n) is 17.6. The average molecular weight is 1010 g/mol. The van der Waals surface area contributed by atoms with Gasteiger partial charge in [0.25, 0.3) is 6.71 Å². The van der Waals surface area contributed by atoms with Crippen molar-refractivity contribution >= 4 is 51.0 Å². The number of benzene rings is 7. The predicted molar refractivity (Wildman–Crippen MR) is 332 cm³/mol. The fourth-order valence-corrected chi connectivity index (χ4v) is 13.5. The molecule has 8 aromatic rings. The molecule has 2 unspecified atom stereocenters. The summed E-state index contributed by atoms with van der Waals surface area (Å²) in [5.74, 6) is 0.346. The van der Waals surface area contributed by atoms with Crippen molar-refractivity contribution in [1.82, 2.24) is 4.57 Å². The lowest BCUT2D eigenvalue weighted by molar-refractivity contribution is 0.427. The van der Waals surface area contributed by atoms with Gasteiger partial charge in [0.2, 0.25) is 0 Å². The Morgan fingerprint density at radius 2 is 0.948 bits per heavy atom. The normalized spacial score (nSPS) is 17.9. The van der Waals surface area contributed by atoms with E-state index < -0.39 is 0 Å². The molecule has 0 amide bonds. The molecule has 4 heteroatoms. The maximum atomic E-state index is 2.78. The first kappa shape index (κ1) is 50.8. The molecule has 0 bridgehead atoms. The van der Waals surface area contributed by atoms with Crippen LogP contribution in [0.4, 0.5) is 17.1 Å². The van der Waals surface area contributed by atoms with E-state index in [-0.39, 0.29) is 34.4 Å². The van der Waals surface area contributed by atoms with Crippen LogP contribution >= 0.6 is 0 Å². The van der Waals surface area contributed by atoms with E-state index in [1.54, 1.807) is 0 Å². The van der Waals surface area contributed by atoms with Gasteiger partial charge in [-0.25, -0.2) is 0 Å². The summed E-state index contributed by atoms with van der Waals surface area (Å²) in [6.07, 6.45) is 7.14. The summed E-state index contributed by atoms with van der Waals surface area (Å²) in [5.41, 5.74) is 27.7. The zero-order valence-corrected chi connectivity index (χ0v) is 48.6. The highest BCUT2D eigenvalue weighted by Crippen LogP contribution is 2.56. The maximum absolute atomic E-state index is 2.78. The molecule has 3 nitrogen and oxygen atoms in total. The Bertz CT molecular complexity index is 3770. The van der Waals surface area contributed by atoms with Gasteiger partial charge < -0.3 is 14.4 Å². The van der Waals surface area contributed by atoms with Gasteiger partial charge in [-0.05, 0) is 141 Å².